The van der Waals surface area contributed by atoms with E-state index in [0.717, 1.165) is 22.3 Å². The van der Waals surface area contributed by atoms with Crippen molar-refractivity contribution in [3.8, 4) is 0 Å². The predicted molar refractivity (Wildman–Crippen MR) is 64.2 cm³/mol. The summed E-state index contributed by atoms with van der Waals surface area (Å²) in [4.78, 5) is 0.933. The van der Waals surface area contributed by atoms with Crippen LogP contribution in [0.3, 0.4) is 0 Å². The van der Waals surface area contributed by atoms with Crippen molar-refractivity contribution in [2.45, 2.75) is 32.1 Å². The van der Waals surface area contributed by atoms with Crippen molar-refractivity contribution in [1.29, 1.82) is 0 Å². The topological polar surface area (TPSA) is 13.1 Å². The van der Waals surface area contributed by atoms with Crippen LogP contribution >= 0.6 is 12.6 Å². The van der Waals surface area contributed by atoms with Crippen molar-refractivity contribution in [2.24, 2.45) is 0 Å². The Bertz CT molecular complexity index is 404. The van der Waals surface area contributed by atoms with Gasteiger partial charge in [-0.05, 0) is 18.1 Å². The molecule has 0 spiro atoms. The van der Waals surface area contributed by atoms with Gasteiger partial charge in [-0.15, -0.1) is 12.6 Å². The maximum Gasteiger partial charge on any atom is 0.135 e. The van der Waals surface area contributed by atoms with Gasteiger partial charge in [0.2, 0.25) is 0 Å². The first-order valence-electron chi connectivity index (χ1n) is 5.01. The summed E-state index contributed by atoms with van der Waals surface area (Å²) in [5.74, 6) is 0. The smallest absolute Gasteiger partial charge is 0.135 e. The van der Waals surface area contributed by atoms with Crippen molar-refractivity contribution >= 4 is 23.6 Å². The van der Waals surface area contributed by atoms with Gasteiger partial charge in [0.25, 0.3) is 0 Å². The molecule has 0 fully saturated rings. The fourth-order valence-corrected chi connectivity index (χ4v) is 1.74. The SMILES string of the molecule is CC.CCc1cccc2occ(S)c12. The van der Waals surface area contributed by atoms with E-state index in [2.05, 4.69) is 25.6 Å². The second-order valence-corrected chi connectivity index (χ2v) is 3.25. The molecule has 0 unspecified atom stereocenters. The quantitative estimate of drug-likeness (QED) is 0.689. The summed E-state index contributed by atoms with van der Waals surface area (Å²) < 4.78 is 5.31. The zero-order chi connectivity index (χ0) is 10.6. The monoisotopic (exact) mass is 208 g/mol. The zero-order valence-electron chi connectivity index (χ0n) is 8.87. The number of rotatable bonds is 1. The molecular weight excluding hydrogens is 192 g/mol. The largest absolute Gasteiger partial charge is 0.463 e. The van der Waals surface area contributed by atoms with Gasteiger partial charge in [0.05, 0.1) is 4.90 Å². The van der Waals surface area contributed by atoms with Crippen molar-refractivity contribution in [3.05, 3.63) is 30.0 Å². The van der Waals surface area contributed by atoms with Crippen LogP contribution in [0.25, 0.3) is 11.0 Å². The van der Waals surface area contributed by atoms with Crippen LogP contribution in [0.5, 0.6) is 0 Å². The summed E-state index contributed by atoms with van der Waals surface area (Å²) in [6, 6.07) is 6.09. The highest BCUT2D eigenvalue weighted by atomic mass is 32.1. The van der Waals surface area contributed by atoms with Gasteiger partial charge in [0.15, 0.2) is 0 Å². The number of hydrogen-bond acceptors (Lipinski definition) is 2. The Labute approximate surface area is 90.5 Å². The Morgan fingerprint density at radius 3 is 2.64 bits per heavy atom. The second kappa shape index (κ2) is 5.11. The fraction of sp³-hybridized carbons (Fsp3) is 0.333. The van der Waals surface area contributed by atoms with Crippen LogP contribution in [-0.2, 0) is 6.42 Å². The molecule has 0 amide bonds. The minimum Gasteiger partial charge on any atom is -0.463 e. The van der Waals surface area contributed by atoms with Crippen molar-refractivity contribution < 1.29 is 4.42 Å². The lowest BCUT2D eigenvalue weighted by Gasteiger charge is -1.97. The van der Waals surface area contributed by atoms with Gasteiger partial charge < -0.3 is 4.42 Å². The van der Waals surface area contributed by atoms with E-state index in [4.69, 9.17) is 4.42 Å². The average molecular weight is 208 g/mol. The van der Waals surface area contributed by atoms with Gasteiger partial charge in [-0.3, -0.25) is 0 Å². The van der Waals surface area contributed by atoms with Gasteiger partial charge in [-0.25, -0.2) is 0 Å². The number of thiol groups is 1. The van der Waals surface area contributed by atoms with Crippen LogP contribution in [0.4, 0.5) is 0 Å². The van der Waals surface area contributed by atoms with E-state index in [1.54, 1.807) is 6.26 Å². The molecule has 0 N–H and O–H groups in total. The van der Waals surface area contributed by atoms with Crippen LogP contribution in [-0.4, -0.2) is 0 Å². The van der Waals surface area contributed by atoms with E-state index in [9.17, 15) is 0 Å². The summed E-state index contributed by atoms with van der Waals surface area (Å²) in [6.07, 6.45) is 2.71. The molecule has 0 atom stereocenters. The molecule has 1 nitrogen and oxygen atoms in total. The second-order valence-electron chi connectivity index (χ2n) is 2.76. The van der Waals surface area contributed by atoms with Crippen molar-refractivity contribution in [3.63, 3.8) is 0 Å². The molecule has 0 bridgehead atoms. The molecule has 0 aliphatic heterocycles. The average Bonchev–Trinajstić information content (AvgIpc) is 2.64. The molecule has 76 valence electrons. The molecule has 2 rings (SSSR count). The Balaban J connectivity index is 0.000000461. The molecule has 0 radical (unpaired) electrons. The molecular formula is C12H16OS. The number of hydrogen-bond donors (Lipinski definition) is 1. The first-order chi connectivity index (χ1) is 6.83. The normalized spacial score (nSPS) is 9.71. The summed E-state index contributed by atoms with van der Waals surface area (Å²) in [5.41, 5.74) is 2.23. The number of benzene rings is 1. The molecule has 2 aromatic rings. The van der Waals surface area contributed by atoms with Crippen LogP contribution < -0.4 is 0 Å². The molecule has 1 heterocycles. The number of aryl methyl sites for hydroxylation is 1. The standard InChI is InChI=1S/C10H10OS.C2H6/c1-2-7-4-3-5-8-10(7)9(12)6-11-8;1-2/h3-6,12H,2H2,1H3;1-2H3. The van der Waals surface area contributed by atoms with Crippen LogP contribution in [0.1, 0.15) is 26.3 Å². The lowest BCUT2D eigenvalue weighted by atomic mass is 10.1. The first-order valence-corrected chi connectivity index (χ1v) is 5.45. The molecule has 0 aliphatic carbocycles. The fourth-order valence-electron chi connectivity index (χ4n) is 1.44. The van der Waals surface area contributed by atoms with Crippen LogP contribution in [0, 0.1) is 0 Å². The molecule has 2 heteroatoms. The van der Waals surface area contributed by atoms with Gasteiger partial charge in [-0.2, -0.15) is 0 Å². The maximum atomic E-state index is 5.31. The highest BCUT2D eigenvalue weighted by molar-refractivity contribution is 7.80. The molecule has 0 aliphatic rings. The summed E-state index contributed by atoms with van der Waals surface area (Å²) in [6.45, 7) is 6.13. The summed E-state index contributed by atoms with van der Waals surface area (Å²) in [7, 11) is 0. The summed E-state index contributed by atoms with van der Waals surface area (Å²) in [5, 5.41) is 1.16. The third kappa shape index (κ3) is 1.95. The minimum atomic E-state index is 0.930. The van der Waals surface area contributed by atoms with Gasteiger partial charge in [0, 0.05) is 5.39 Å². The third-order valence-electron chi connectivity index (χ3n) is 2.05. The van der Waals surface area contributed by atoms with Gasteiger partial charge >= 0.3 is 0 Å². The Morgan fingerprint density at radius 1 is 1.29 bits per heavy atom. The highest BCUT2D eigenvalue weighted by Crippen LogP contribution is 2.27. The number of fused-ring (bicyclic) bond motifs is 1. The van der Waals surface area contributed by atoms with Crippen molar-refractivity contribution in [1.82, 2.24) is 0 Å². The third-order valence-corrected chi connectivity index (χ3v) is 2.38. The Kier molecular flexibility index (Phi) is 4.08. The van der Waals surface area contributed by atoms with Gasteiger partial charge in [0.1, 0.15) is 11.8 Å². The Hall–Kier alpha value is -0.890. The van der Waals surface area contributed by atoms with E-state index in [1.807, 2.05) is 26.0 Å². The van der Waals surface area contributed by atoms with Gasteiger partial charge in [-0.1, -0.05) is 32.9 Å². The Morgan fingerprint density at radius 2 is 2.00 bits per heavy atom. The first kappa shape index (κ1) is 11.2. The van der Waals surface area contributed by atoms with E-state index in [0.29, 0.717) is 0 Å². The highest BCUT2D eigenvalue weighted by Gasteiger charge is 2.05. The number of furan rings is 1. The molecule has 1 aromatic carbocycles. The minimum absolute atomic E-state index is 0.930. The van der Waals surface area contributed by atoms with Crippen LogP contribution in [0.2, 0.25) is 0 Å². The lowest BCUT2D eigenvalue weighted by molar-refractivity contribution is 0.608. The van der Waals surface area contributed by atoms with E-state index in [1.165, 1.54) is 5.56 Å². The van der Waals surface area contributed by atoms with E-state index >= 15 is 0 Å². The zero-order valence-corrected chi connectivity index (χ0v) is 9.77. The van der Waals surface area contributed by atoms with E-state index < -0.39 is 0 Å². The molecule has 1 aromatic heterocycles. The summed E-state index contributed by atoms with van der Waals surface area (Å²) >= 11 is 4.33. The molecule has 0 saturated carbocycles. The lowest BCUT2D eigenvalue weighted by Crippen LogP contribution is -1.79. The predicted octanol–water partition coefficient (Wildman–Crippen LogP) is 4.31. The molecule has 0 saturated heterocycles. The maximum absolute atomic E-state index is 5.31. The van der Waals surface area contributed by atoms with Crippen LogP contribution in [0.15, 0.2) is 33.8 Å². The molecule has 14 heavy (non-hydrogen) atoms. The van der Waals surface area contributed by atoms with E-state index in [-0.39, 0.29) is 0 Å². The van der Waals surface area contributed by atoms with Crippen molar-refractivity contribution in [2.75, 3.05) is 0 Å².